The maximum absolute atomic E-state index is 12.1. The number of hydrogen-bond donors (Lipinski definition) is 2. The largest absolute Gasteiger partial charge is 0.507 e. The van der Waals surface area contributed by atoms with Crippen molar-refractivity contribution in [3.8, 4) is 11.5 Å². The fraction of sp³-hybridized carbons (Fsp3) is 0.450. The molecule has 2 aromatic rings. The van der Waals surface area contributed by atoms with Gasteiger partial charge in [0.2, 0.25) is 0 Å². The zero-order valence-electron chi connectivity index (χ0n) is 15.0. The van der Waals surface area contributed by atoms with Crippen molar-refractivity contribution in [2.45, 2.75) is 58.7 Å². The Balaban J connectivity index is 2.50. The number of benzene rings is 1. The fourth-order valence-corrected chi connectivity index (χ4v) is 3.30. The number of fused-ring (bicyclic) bond motifs is 3. The highest BCUT2D eigenvalue weighted by Crippen LogP contribution is 2.48. The summed E-state index contributed by atoms with van der Waals surface area (Å²) in [5, 5.41) is 21.9. The van der Waals surface area contributed by atoms with Gasteiger partial charge in [-0.25, -0.2) is 4.79 Å². The molecule has 2 N–H and O–H groups in total. The van der Waals surface area contributed by atoms with Crippen LogP contribution < -0.4 is 10.4 Å². The van der Waals surface area contributed by atoms with E-state index in [0.717, 1.165) is 12.0 Å². The zero-order valence-corrected chi connectivity index (χ0v) is 15.0. The number of phenolic OH excluding ortho intramolecular Hbond substituents is 1. The first-order valence-electron chi connectivity index (χ1n) is 8.71. The Hall–Kier alpha value is -2.27. The standard InChI is InChI=1S/C20H24O5/c1-5-7-11-10-14(22)24-19-15(11)18-12(8-9-20(3,4)25-18)17(23)16(19)13(21)6-2/h8-10,13,21,23H,5-7H2,1-4H3. The topological polar surface area (TPSA) is 79.9 Å². The van der Waals surface area contributed by atoms with Crippen LogP contribution in [0.15, 0.2) is 21.4 Å². The van der Waals surface area contributed by atoms with Crippen LogP contribution in [0.2, 0.25) is 0 Å². The van der Waals surface area contributed by atoms with Crippen molar-refractivity contribution in [1.82, 2.24) is 0 Å². The molecule has 134 valence electrons. The average molecular weight is 344 g/mol. The summed E-state index contributed by atoms with van der Waals surface area (Å²) in [7, 11) is 0. The minimum absolute atomic E-state index is 0.0969. The van der Waals surface area contributed by atoms with Crippen LogP contribution in [0.4, 0.5) is 0 Å². The molecule has 1 unspecified atom stereocenters. The molecule has 0 radical (unpaired) electrons. The van der Waals surface area contributed by atoms with Gasteiger partial charge in [0.15, 0.2) is 5.58 Å². The number of rotatable bonds is 4. The lowest BCUT2D eigenvalue weighted by atomic mass is 9.91. The Bertz CT molecular complexity index is 905. The highest BCUT2D eigenvalue weighted by molar-refractivity contribution is 5.96. The zero-order chi connectivity index (χ0) is 18.4. The second-order valence-corrected chi connectivity index (χ2v) is 7.01. The number of aliphatic hydroxyl groups excluding tert-OH is 1. The van der Waals surface area contributed by atoms with Crippen molar-refractivity contribution in [1.29, 1.82) is 0 Å². The van der Waals surface area contributed by atoms with E-state index in [2.05, 4.69) is 0 Å². The van der Waals surface area contributed by atoms with Crippen molar-refractivity contribution in [3.63, 3.8) is 0 Å². The highest BCUT2D eigenvalue weighted by atomic mass is 16.5. The van der Waals surface area contributed by atoms with Crippen LogP contribution in [0.5, 0.6) is 11.5 Å². The Kier molecular flexibility index (Phi) is 4.37. The van der Waals surface area contributed by atoms with Gasteiger partial charge in [0.1, 0.15) is 17.1 Å². The molecule has 0 fully saturated rings. The van der Waals surface area contributed by atoms with E-state index in [1.807, 2.05) is 26.8 Å². The maximum atomic E-state index is 12.1. The molecule has 1 aromatic heterocycles. The van der Waals surface area contributed by atoms with E-state index < -0.39 is 17.3 Å². The molecule has 3 rings (SSSR count). The number of aliphatic hydroxyl groups is 1. The third-order valence-corrected chi connectivity index (χ3v) is 4.53. The lowest BCUT2D eigenvalue weighted by Gasteiger charge is -2.30. The summed E-state index contributed by atoms with van der Waals surface area (Å²) in [4.78, 5) is 12.1. The van der Waals surface area contributed by atoms with Crippen LogP contribution in [0.25, 0.3) is 17.0 Å². The predicted molar refractivity (Wildman–Crippen MR) is 97.1 cm³/mol. The van der Waals surface area contributed by atoms with Crippen LogP contribution in [-0.2, 0) is 6.42 Å². The van der Waals surface area contributed by atoms with Crippen molar-refractivity contribution in [2.75, 3.05) is 0 Å². The summed E-state index contributed by atoms with van der Waals surface area (Å²) in [5.74, 6) is 0.402. The van der Waals surface area contributed by atoms with E-state index in [0.29, 0.717) is 29.5 Å². The van der Waals surface area contributed by atoms with Gasteiger partial charge in [-0.1, -0.05) is 20.3 Å². The van der Waals surface area contributed by atoms with Gasteiger partial charge >= 0.3 is 5.63 Å². The first-order valence-corrected chi connectivity index (χ1v) is 8.71. The van der Waals surface area contributed by atoms with Crippen LogP contribution in [-0.4, -0.2) is 15.8 Å². The van der Waals surface area contributed by atoms with Gasteiger partial charge in [0, 0.05) is 6.07 Å². The number of aromatic hydroxyl groups is 1. The molecule has 0 amide bonds. The van der Waals surface area contributed by atoms with E-state index in [-0.39, 0.29) is 16.9 Å². The van der Waals surface area contributed by atoms with Crippen LogP contribution in [0.3, 0.4) is 0 Å². The average Bonchev–Trinajstić information content (AvgIpc) is 2.53. The van der Waals surface area contributed by atoms with Gasteiger partial charge < -0.3 is 19.4 Å². The molecule has 25 heavy (non-hydrogen) atoms. The summed E-state index contributed by atoms with van der Waals surface area (Å²) < 4.78 is 11.6. The van der Waals surface area contributed by atoms with Gasteiger partial charge in [0.25, 0.3) is 0 Å². The predicted octanol–water partition coefficient (Wildman–Crippen LogP) is 4.08. The van der Waals surface area contributed by atoms with E-state index in [1.165, 1.54) is 6.07 Å². The summed E-state index contributed by atoms with van der Waals surface area (Å²) in [6.45, 7) is 7.67. The summed E-state index contributed by atoms with van der Waals surface area (Å²) in [6.07, 6.45) is 4.64. The van der Waals surface area contributed by atoms with Gasteiger partial charge in [-0.15, -0.1) is 0 Å². The SMILES string of the molecule is CCCc1cc(=O)oc2c(C(O)CC)c(O)c3c(c12)OC(C)(C)C=C3. The molecule has 1 aromatic carbocycles. The molecule has 0 saturated heterocycles. The third-order valence-electron chi connectivity index (χ3n) is 4.53. The van der Waals surface area contributed by atoms with Gasteiger partial charge in [-0.05, 0) is 44.4 Å². The normalized spacial score (nSPS) is 16.5. The lowest BCUT2D eigenvalue weighted by molar-refractivity contribution is 0.158. The molecular formula is C20H24O5. The van der Waals surface area contributed by atoms with E-state index in [4.69, 9.17) is 9.15 Å². The van der Waals surface area contributed by atoms with Crippen molar-refractivity contribution in [3.05, 3.63) is 39.3 Å². The Morgan fingerprint density at radius 2 is 2.00 bits per heavy atom. The van der Waals surface area contributed by atoms with Crippen molar-refractivity contribution >= 4 is 17.0 Å². The highest BCUT2D eigenvalue weighted by Gasteiger charge is 2.31. The molecule has 5 heteroatoms. The maximum Gasteiger partial charge on any atom is 0.336 e. The monoisotopic (exact) mass is 344 g/mol. The molecule has 1 aliphatic heterocycles. The molecule has 0 spiro atoms. The molecule has 0 bridgehead atoms. The first kappa shape index (κ1) is 17.5. The summed E-state index contributed by atoms with van der Waals surface area (Å²) in [5.41, 5.74) is 0.746. The lowest BCUT2D eigenvalue weighted by Crippen LogP contribution is -2.28. The summed E-state index contributed by atoms with van der Waals surface area (Å²) >= 11 is 0. The number of aryl methyl sites for hydroxylation is 1. The molecule has 1 atom stereocenters. The molecule has 0 saturated carbocycles. The van der Waals surface area contributed by atoms with Gasteiger partial charge in [-0.2, -0.15) is 0 Å². The van der Waals surface area contributed by atoms with Crippen LogP contribution >= 0.6 is 0 Å². The van der Waals surface area contributed by atoms with Crippen LogP contribution in [0, 0.1) is 0 Å². The number of ether oxygens (including phenoxy) is 1. The third kappa shape index (κ3) is 2.93. The minimum Gasteiger partial charge on any atom is -0.507 e. The van der Waals surface area contributed by atoms with E-state index in [9.17, 15) is 15.0 Å². The molecule has 5 nitrogen and oxygen atoms in total. The Morgan fingerprint density at radius 3 is 2.64 bits per heavy atom. The van der Waals surface area contributed by atoms with E-state index in [1.54, 1.807) is 13.0 Å². The second kappa shape index (κ2) is 6.23. The molecule has 2 heterocycles. The fourth-order valence-electron chi connectivity index (χ4n) is 3.30. The first-order chi connectivity index (χ1) is 11.8. The second-order valence-electron chi connectivity index (χ2n) is 7.01. The molecular weight excluding hydrogens is 320 g/mol. The van der Waals surface area contributed by atoms with Crippen LogP contribution in [0.1, 0.15) is 63.3 Å². The number of phenols is 1. The Labute approximate surface area is 146 Å². The Morgan fingerprint density at radius 1 is 1.28 bits per heavy atom. The molecule has 0 aliphatic carbocycles. The smallest absolute Gasteiger partial charge is 0.336 e. The van der Waals surface area contributed by atoms with E-state index >= 15 is 0 Å². The van der Waals surface area contributed by atoms with Crippen molar-refractivity contribution < 1.29 is 19.4 Å². The molecule has 1 aliphatic rings. The minimum atomic E-state index is -0.934. The van der Waals surface area contributed by atoms with Crippen molar-refractivity contribution in [2.24, 2.45) is 0 Å². The number of hydrogen-bond acceptors (Lipinski definition) is 5. The van der Waals surface area contributed by atoms with Gasteiger partial charge in [-0.3, -0.25) is 0 Å². The quantitative estimate of drug-likeness (QED) is 0.817. The van der Waals surface area contributed by atoms with Gasteiger partial charge in [0.05, 0.1) is 22.6 Å². The summed E-state index contributed by atoms with van der Waals surface area (Å²) in [6, 6.07) is 1.47.